The highest BCUT2D eigenvalue weighted by Gasteiger charge is 2.40. The minimum absolute atomic E-state index is 0.228. The molecule has 0 aliphatic heterocycles. The van der Waals surface area contributed by atoms with Crippen molar-refractivity contribution in [2.45, 2.75) is 25.4 Å². The lowest BCUT2D eigenvalue weighted by Gasteiger charge is -2.23. The number of rotatable bonds is 5. The number of aliphatic hydroxyl groups is 1. The molecule has 2 rings (SSSR count). The van der Waals surface area contributed by atoms with Crippen LogP contribution in [0.2, 0.25) is 5.02 Å². The molecule has 0 heterocycles. The van der Waals surface area contributed by atoms with Gasteiger partial charge in [-0.1, -0.05) is 11.6 Å². The monoisotopic (exact) mass is 283 g/mol. The molecule has 1 aromatic rings. The Morgan fingerprint density at radius 2 is 2.26 bits per heavy atom. The maximum atomic E-state index is 12.1. The van der Waals surface area contributed by atoms with Crippen LogP contribution in [-0.4, -0.2) is 30.3 Å². The van der Waals surface area contributed by atoms with E-state index in [-0.39, 0.29) is 18.4 Å². The summed E-state index contributed by atoms with van der Waals surface area (Å²) in [6, 6.07) is 4.87. The van der Waals surface area contributed by atoms with Crippen LogP contribution in [0.25, 0.3) is 0 Å². The van der Waals surface area contributed by atoms with Crippen molar-refractivity contribution in [2.24, 2.45) is 5.92 Å². The zero-order chi connectivity index (χ0) is 14.0. The van der Waals surface area contributed by atoms with Crippen molar-refractivity contribution < 1.29 is 14.6 Å². The summed E-state index contributed by atoms with van der Waals surface area (Å²) in [5.41, 5.74) is -0.469. The first kappa shape index (κ1) is 14.2. The Balaban J connectivity index is 2.05. The lowest BCUT2D eigenvalue weighted by atomic mass is 10.0. The molecule has 1 aliphatic carbocycles. The average molecular weight is 284 g/mol. The molecule has 104 valence electrons. The minimum Gasteiger partial charge on any atom is -0.496 e. The van der Waals surface area contributed by atoms with Crippen molar-refractivity contribution in [3.05, 3.63) is 28.8 Å². The molecular formula is C14H18ClNO3. The standard InChI is InChI=1S/C14H18ClNO3/c1-14(18,9-3-4-9)8-16-13(17)11-7-10(15)5-6-12(11)19-2/h5-7,9,18H,3-4,8H2,1-2H3,(H,16,17). The lowest BCUT2D eigenvalue weighted by molar-refractivity contribution is 0.0354. The first-order chi connectivity index (χ1) is 8.94. The number of nitrogens with one attached hydrogen (secondary N) is 1. The van der Waals surface area contributed by atoms with E-state index in [1.165, 1.54) is 7.11 Å². The van der Waals surface area contributed by atoms with Crippen molar-refractivity contribution >= 4 is 17.5 Å². The fraction of sp³-hybridized carbons (Fsp3) is 0.500. The summed E-state index contributed by atoms with van der Waals surface area (Å²) in [6.07, 6.45) is 2.03. The lowest BCUT2D eigenvalue weighted by Crippen LogP contribution is -2.42. The first-order valence-corrected chi connectivity index (χ1v) is 6.66. The summed E-state index contributed by atoms with van der Waals surface area (Å²) in [4.78, 5) is 12.1. The van der Waals surface area contributed by atoms with Gasteiger partial charge < -0.3 is 15.2 Å². The number of amides is 1. The molecule has 0 radical (unpaired) electrons. The average Bonchev–Trinajstić information content (AvgIpc) is 3.20. The van der Waals surface area contributed by atoms with E-state index in [1.807, 2.05) is 0 Å². The van der Waals surface area contributed by atoms with E-state index in [4.69, 9.17) is 16.3 Å². The van der Waals surface area contributed by atoms with Crippen LogP contribution in [0.4, 0.5) is 0 Å². The van der Waals surface area contributed by atoms with Crippen molar-refractivity contribution in [1.29, 1.82) is 0 Å². The number of hydrogen-bond acceptors (Lipinski definition) is 3. The predicted octanol–water partition coefficient (Wildman–Crippen LogP) is 2.24. The number of ether oxygens (including phenoxy) is 1. The molecule has 19 heavy (non-hydrogen) atoms. The number of methoxy groups -OCH3 is 1. The molecule has 0 spiro atoms. The molecule has 1 saturated carbocycles. The van der Waals surface area contributed by atoms with Crippen molar-refractivity contribution in [3.8, 4) is 5.75 Å². The maximum absolute atomic E-state index is 12.1. The maximum Gasteiger partial charge on any atom is 0.255 e. The molecule has 2 N–H and O–H groups in total. The van der Waals surface area contributed by atoms with Crippen LogP contribution >= 0.6 is 11.6 Å². The Morgan fingerprint density at radius 1 is 1.58 bits per heavy atom. The zero-order valence-electron chi connectivity index (χ0n) is 11.1. The molecule has 4 nitrogen and oxygen atoms in total. The van der Waals surface area contributed by atoms with Gasteiger partial charge in [0, 0.05) is 11.6 Å². The van der Waals surface area contributed by atoms with E-state index >= 15 is 0 Å². The Labute approximate surface area is 117 Å². The van der Waals surface area contributed by atoms with Gasteiger partial charge in [0.1, 0.15) is 5.75 Å². The smallest absolute Gasteiger partial charge is 0.255 e. The van der Waals surface area contributed by atoms with Crippen LogP contribution in [0, 0.1) is 5.92 Å². The second-order valence-corrected chi connectivity index (χ2v) is 5.60. The van der Waals surface area contributed by atoms with Gasteiger partial charge in [0.05, 0.1) is 18.3 Å². The number of hydrogen-bond donors (Lipinski definition) is 2. The van der Waals surface area contributed by atoms with Crippen LogP contribution in [0.3, 0.4) is 0 Å². The summed E-state index contributed by atoms with van der Waals surface area (Å²) >= 11 is 5.88. The molecule has 1 amide bonds. The molecule has 1 unspecified atom stereocenters. The van der Waals surface area contributed by atoms with Gasteiger partial charge in [0.2, 0.25) is 0 Å². The first-order valence-electron chi connectivity index (χ1n) is 6.28. The third kappa shape index (κ3) is 3.39. The third-order valence-corrected chi connectivity index (χ3v) is 3.70. The minimum atomic E-state index is -0.846. The molecule has 1 fully saturated rings. The molecule has 1 aliphatic rings. The topological polar surface area (TPSA) is 58.6 Å². The number of carbonyl (C=O) groups excluding carboxylic acids is 1. The second-order valence-electron chi connectivity index (χ2n) is 5.16. The fourth-order valence-corrected chi connectivity index (χ4v) is 2.23. The van der Waals surface area contributed by atoms with Gasteiger partial charge >= 0.3 is 0 Å². The summed E-state index contributed by atoms with van der Waals surface area (Å²) in [7, 11) is 1.50. The van der Waals surface area contributed by atoms with E-state index in [1.54, 1.807) is 25.1 Å². The van der Waals surface area contributed by atoms with E-state index in [0.717, 1.165) is 12.8 Å². The van der Waals surface area contributed by atoms with Crippen LogP contribution in [0.5, 0.6) is 5.75 Å². The van der Waals surface area contributed by atoms with Gasteiger partial charge in [0.15, 0.2) is 0 Å². The summed E-state index contributed by atoms with van der Waals surface area (Å²) in [5.74, 6) is 0.460. The van der Waals surface area contributed by atoms with Gasteiger partial charge in [-0.3, -0.25) is 4.79 Å². The van der Waals surface area contributed by atoms with Crippen molar-refractivity contribution in [2.75, 3.05) is 13.7 Å². The van der Waals surface area contributed by atoms with Gasteiger partial charge in [-0.15, -0.1) is 0 Å². The zero-order valence-corrected chi connectivity index (χ0v) is 11.8. The predicted molar refractivity (Wildman–Crippen MR) is 73.7 cm³/mol. The van der Waals surface area contributed by atoms with Crippen LogP contribution in [-0.2, 0) is 0 Å². The highest BCUT2D eigenvalue weighted by Crippen LogP contribution is 2.39. The molecule has 0 saturated heterocycles. The van der Waals surface area contributed by atoms with E-state index in [2.05, 4.69) is 5.32 Å². The molecule has 1 aromatic carbocycles. The molecule has 0 bridgehead atoms. The normalized spacial score (nSPS) is 17.7. The van der Waals surface area contributed by atoms with Gasteiger partial charge in [-0.2, -0.15) is 0 Å². The fourth-order valence-electron chi connectivity index (χ4n) is 2.06. The Kier molecular flexibility index (Phi) is 4.02. The summed E-state index contributed by atoms with van der Waals surface area (Å²) in [6.45, 7) is 1.98. The number of benzene rings is 1. The molecule has 5 heteroatoms. The number of halogens is 1. The van der Waals surface area contributed by atoms with Crippen LogP contribution in [0.1, 0.15) is 30.1 Å². The van der Waals surface area contributed by atoms with E-state index < -0.39 is 5.60 Å². The highest BCUT2D eigenvalue weighted by atomic mass is 35.5. The molecule has 0 aromatic heterocycles. The Hall–Kier alpha value is -1.26. The summed E-state index contributed by atoms with van der Waals surface area (Å²) < 4.78 is 5.13. The van der Waals surface area contributed by atoms with Crippen molar-refractivity contribution in [1.82, 2.24) is 5.32 Å². The highest BCUT2D eigenvalue weighted by molar-refractivity contribution is 6.31. The molecular weight excluding hydrogens is 266 g/mol. The Morgan fingerprint density at radius 3 is 2.84 bits per heavy atom. The van der Waals surface area contributed by atoms with Gasteiger partial charge in [-0.05, 0) is 43.9 Å². The van der Waals surface area contributed by atoms with E-state index in [9.17, 15) is 9.90 Å². The van der Waals surface area contributed by atoms with Gasteiger partial charge in [-0.25, -0.2) is 0 Å². The Bertz CT molecular complexity index is 484. The van der Waals surface area contributed by atoms with Crippen molar-refractivity contribution in [3.63, 3.8) is 0 Å². The van der Waals surface area contributed by atoms with Crippen LogP contribution < -0.4 is 10.1 Å². The SMILES string of the molecule is COc1ccc(Cl)cc1C(=O)NCC(C)(O)C1CC1. The summed E-state index contributed by atoms with van der Waals surface area (Å²) in [5, 5.41) is 13.4. The third-order valence-electron chi connectivity index (χ3n) is 3.47. The largest absolute Gasteiger partial charge is 0.496 e. The quantitative estimate of drug-likeness (QED) is 0.871. The molecule has 1 atom stereocenters. The number of carbonyl (C=O) groups is 1. The van der Waals surface area contributed by atoms with Crippen LogP contribution in [0.15, 0.2) is 18.2 Å². The van der Waals surface area contributed by atoms with Gasteiger partial charge in [0.25, 0.3) is 5.91 Å². The second kappa shape index (κ2) is 5.39. The van der Waals surface area contributed by atoms with E-state index in [0.29, 0.717) is 16.3 Å².